The van der Waals surface area contributed by atoms with Crippen LogP contribution in [0.2, 0.25) is 5.02 Å². The van der Waals surface area contributed by atoms with E-state index in [0.717, 1.165) is 4.90 Å². The van der Waals surface area contributed by atoms with Gasteiger partial charge in [-0.2, -0.15) is 0 Å². The summed E-state index contributed by atoms with van der Waals surface area (Å²) in [6, 6.07) is 2.77. The van der Waals surface area contributed by atoms with Crippen molar-refractivity contribution in [3.8, 4) is 0 Å². The second-order valence-corrected chi connectivity index (χ2v) is 4.71. The molecular weight excluding hydrogens is 277 g/mol. The molecule has 0 aliphatic carbocycles. The van der Waals surface area contributed by atoms with Gasteiger partial charge in [0.05, 0.1) is 16.7 Å². The van der Waals surface area contributed by atoms with Gasteiger partial charge in [0.2, 0.25) is 0 Å². The smallest absolute Gasteiger partial charge is 0.326 e. The van der Waals surface area contributed by atoms with Crippen LogP contribution in [0.3, 0.4) is 0 Å². The van der Waals surface area contributed by atoms with Crippen LogP contribution in [0.5, 0.6) is 0 Å². The van der Waals surface area contributed by atoms with E-state index in [1.807, 2.05) is 0 Å². The zero-order chi connectivity index (χ0) is 14.2. The summed E-state index contributed by atoms with van der Waals surface area (Å²) in [6.07, 6.45) is -0.990. The lowest BCUT2D eigenvalue weighted by atomic mass is 10.1. The van der Waals surface area contributed by atoms with E-state index in [4.69, 9.17) is 16.7 Å². The first-order valence-corrected chi connectivity index (χ1v) is 5.95. The summed E-state index contributed by atoms with van der Waals surface area (Å²) in [7, 11) is 0. The van der Waals surface area contributed by atoms with Crippen LogP contribution >= 0.6 is 11.6 Å². The molecule has 0 radical (unpaired) electrons. The second kappa shape index (κ2) is 5.14. The van der Waals surface area contributed by atoms with E-state index in [0.29, 0.717) is 0 Å². The molecule has 1 fully saturated rings. The predicted molar refractivity (Wildman–Crippen MR) is 64.5 cm³/mol. The molecule has 0 spiro atoms. The maximum absolute atomic E-state index is 13.7. The lowest BCUT2D eigenvalue weighted by Gasteiger charge is -2.21. The van der Waals surface area contributed by atoms with Crippen molar-refractivity contribution >= 4 is 23.5 Å². The van der Waals surface area contributed by atoms with Crippen molar-refractivity contribution in [2.45, 2.75) is 18.6 Å². The Morgan fingerprint density at radius 3 is 2.74 bits per heavy atom. The summed E-state index contributed by atoms with van der Waals surface area (Å²) in [5.74, 6) is -2.91. The van der Waals surface area contributed by atoms with Crippen LogP contribution in [-0.2, 0) is 4.79 Å². The molecule has 1 heterocycles. The molecule has 1 saturated heterocycles. The van der Waals surface area contributed by atoms with Gasteiger partial charge in [0.1, 0.15) is 6.04 Å². The number of hydrogen-bond donors (Lipinski definition) is 2. The molecule has 0 unspecified atom stereocenters. The lowest BCUT2D eigenvalue weighted by Crippen LogP contribution is -2.40. The van der Waals surface area contributed by atoms with Crippen LogP contribution in [0, 0.1) is 5.82 Å². The first-order chi connectivity index (χ1) is 8.91. The first-order valence-electron chi connectivity index (χ1n) is 5.57. The van der Waals surface area contributed by atoms with E-state index >= 15 is 0 Å². The molecule has 102 valence electrons. The van der Waals surface area contributed by atoms with Gasteiger partial charge in [-0.15, -0.1) is 0 Å². The maximum atomic E-state index is 13.7. The number of rotatable bonds is 2. The molecule has 1 aromatic carbocycles. The van der Waals surface area contributed by atoms with Crippen molar-refractivity contribution in [3.63, 3.8) is 0 Å². The number of aliphatic hydroxyl groups excluding tert-OH is 1. The fourth-order valence-electron chi connectivity index (χ4n) is 2.10. The van der Waals surface area contributed by atoms with Crippen LogP contribution in [0.25, 0.3) is 0 Å². The van der Waals surface area contributed by atoms with Gasteiger partial charge >= 0.3 is 5.97 Å². The van der Waals surface area contributed by atoms with Crippen LogP contribution in [-0.4, -0.2) is 45.7 Å². The number of aliphatic carboxylic acids is 1. The van der Waals surface area contributed by atoms with Crippen molar-refractivity contribution in [2.75, 3.05) is 6.54 Å². The number of amides is 1. The second-order valence-electron chi connectivity index (χ2n) is 4.30. The molecule has 2 atom stereocenters. The van der Waals surface area contributed by atoms with Gasteiger partial charge in [0.25, 0.3) is 5.91 Å². The third-order valence-electron chi connectivity index (χ3n) is 3.01. The average molecular weight is 288 g/mol. The van der Waals surface area contributed by atoms with E-state index in [1.165, 1.54) is 18.2 Å². The standard InChI is InChI=1S/C12H11ClFNO4/c13-8-3-1-2-7(10(8)14)11(17)15-5-6(16)4-9(15)12(18)19/h1-3,6,9,16H,4-5H2,(H,18,19)/t6-,9-/m1/s1. The molecule has 5 nitrogen and oxygen atoms in total. The third-order valence-corrected chi connectivity index (χ3v) is 3.30. The normalized spacial score (nSPS) is 22.6. The Labute approximate surface area is 113 Å². The Morgan fingerprint density at radius 2 is 2.11 bits per heavy atom. The van der Waals surface area contributed by atoms with E-state index in [-0.39, 0.29) is 23.6 Å². The SMILES string of the molecule is O=C(O)[C@H]1C[C@@H](O)CN1C(=O)c1cccc(Cl)c1F. The van der Waals surface area contributed by atoms with E-state index in [2.05, 4.69) is 0 Å². The van der Waals surface area contributed by atoms with Crippen molar-refractivity contribution in [1.82, 2.24) is 4.90 Å². The third kappa shape index (κ3) is 2.54. The Bertz CT molecular complexity index is 536. The van der Waals surface area contributed by atoms with Gasteiger partial charge in [-0.1, -0.05) is 17.7 Å². The molecule has 0 bridgehead atoms. The lowest BCUT2D eigenvalue weighted by molar-refractivity contribution is -0.141. The van der Waals surface area contributed by atoms with Gasteiger partial charge in [0, 0.05) is 13.0 Å². The number of aliphatic hydroxyl groups is 1. The number of likely N-dealkylation sites (tertiary alicyclic amines) is 1. The Hall–Kier alpha value is -1.66. The Morgan fingerprint density at radius 1 is 1.42 bits per heavy atom. The van der Waals surface area contributed by atoms with E-state index in [1.54, 1.807) is 0 Å². The fraction of sp³-hybridized carbons (Fsp3) is 0.333. The molecule has 19 heavy (non-hydrogen) atoms. The molecule has 7 heteroatoms. The highest BCUT2D eigenvalue weighted by molar-refractivity contribution is 6.31. The summed E-state index contributed by atoms with van der Waals surface area (Å²) < 4.78 is 13.7. The molecule has 1 aromatic rings. The Balaban J connectivity index is 2.33. The molecular formula is C12H11ClFNO4. The van der Waals surface area contributed by atoms with E-state index < -0.39 is 29.8 Å². The van der Waals surface area contributed by atoms with Gasteiger partial charge in [-0.05, 0) is 12.1 Å². The molecule has 0 saturated carbocycles. The molecule has 2 rings (SSSR count). The minimum atomic E-state index is -1.23. The molecule has 0 aromatic heterocycles. The number of hydrogen-bond acceptors (Lipinski definition) is 3. The summed E-state index contributed by atoms with van der Waals surface area (Å²) in [5.41, 5.74) is -0.298. The molecule has 1 amide bonds. The number of halogens is 2. The quantitative estimate of drug-likeness (QED) is 0.855. The van der Waals surface area contributed by atoms with Crippen molar-refractivity contribution in [1.29, 1.82) is 0 Å². The number of carbonyl (C=O) groups is 2. The minimum Gasteiger partial charge on any atom is -0.480 e. The number of nitrogens with zero attached hydrogens (tertiary/aromatic N) is 1. The minimum absolute atomic E-state index is 0.0662. The number of carboxylic acid groups (broad SMARTS) is 1. The predicted octanol–water partition coefficient (Wildman–Crippen LogP) is 1.14. The van der Waals surface area contributed by atoms with Gasteiger partial charge in [0.15, 0.2) is 5.82 Å². The zero-order valence-electron chi connectivity index (χ0n) is 9.72. The van der Waals surface area contributed by atoms with Crippen molar-refractivity contribution in [3.05, 3.63) is 34.6 Å². The molecule has 1 aliphatic heterocycles. The number of carboxylic acids is 1. The van der Waals surface area contributed by atoms with Crippen molar-refractivity contribution in [2.24, 2.45) is 0 Å². The van der Waals surface area contributed by atoms with Crippen LogP contribution in [0.4, 0.5) is 4.39 Å². The maximum Gasteiger partial charge on any atom is 0.326 e. The average Bonchev–Trinajstić information content (AvgIpc) is 2.74. The summed E-state index contributed by atoms with van der Waals surface area (Å²) in [6.45, 7) is -0.137. The van der Waals surface area contributed by atoms with Crippen molar-refractivity contribution < 1.29 is 24.2 Å². The largest absolute Gasteiger partial charge is 0.480 e. The van der Waals surface area contributed by atoms with Crippen LogP contribution < -0.4 is 0 Å². The van der Waals surface area contributed by atoms with Crippen LogP contribution in [0.1, 0.15) is 16.8 Å². The number of benzene rings is 1. The van der Waals surface area contributed by atoms with E-state index in [9.17, 15) is 19.1 Å². The fourth-order valence-corrected chi connectivity index (χ4v) is 2.27. The molecule has 2 N–H and O–H groups in total. The van der Waals surface area contributed by atoms with Gasteiger partial charge < -0.3 is 15.1 Å². The Kier molecular flexibility index (Phi) is 3.73. The zero-order valence-corrected chi connectivity index (χ0v) is 10.5. The van der Waals surface area contributed by atoms with Crippen LogP contribution in [0.15, 0.2) is 18.2 Å². The summed E-state index contributed by atoms with van der Waals surface area (Å²) in [4.78, 5) is 24.1. The van der Waals surface area contributed by atoms with Gasteiger partial charge in [-0.25, -0.2) is 9.18 Å². The number of carbonyl (C=O) groups excluding carboxylic acids is 1. The molecule has 1 aliphatic rings. The highest BCUT2D eigenvalue weighted by Gasteiger charge is 2.39. The highest BCUT2D eigenvalue weighted by atomic mass is 35.5. The summed E-state index contributed by atoms with van der Waals surface area (Å²) >= 11 is 5.58. The topological polar surface area (TPSA) is 77.8 Å². The first kappa shape index (κ1) is 13.8. The highest BCUT2D eigenvalue weighted by Crippen LogP contribution is 2.24. The summed E-state index contributed by atoms with van der Waals surface area (Å²) in [5, 5.41) is 18.2. The monoisotopic (exact) mass is 287 g/mol. The van der Waals surface area contributed by atoms with Gasteiger partial charge in [-0.3, -0.25) is 4.79 Å². The number of β-amino-alcohol motifs (C(OH)–C–C–N with tert-alkyl or cyclic N) is 1.